The van der Waals surface area contributed by atoms with E-state index in [-0.39, 0.29) is 5.56 Å². The molecule has 1 heterocycles. The predicted molar refractivity (Wildman–Crippen MR) is 69.8 cm³/mol. The Labute approximate surface area is 105 Å². The van der Waals surface area contributed by atoms with Gasteiger partial charge in [-0.25, -0.2) is 4.39 Å². The highest BCUT2D eigenvalue weighted by molar-refractivity contribution is 8.00. The summed E-state index contributed by atoms with van der Waals surface area (Å²) in [5.74, 6) is 0.593. The summed E-state index contributed by atoms with van der Waals surface area (Å²) in [6, 6.07) is 7.14. The second-order valence-corrected chi connectivity index (χ2v) is 5.74. The number of rotatable bonds is 1. The SMILES string of the molecule is CC1SCCN(c2cccc(F)c2C#N)C1C. The molecule has 1 aromatic carbocycles. The Balaban J connectivity index is 2.40. The van der Waals surface area contributed by atoms with Crippen LogP contribution >= 0.6 is 11.8 Å². The summed E-state index contributed by atoms with van der Waals surface area (Å²) in [7, 11) is 0. The molecule has 1 aromatic rings. The topological polar surface area (TPSA) is 27.0 Å². The van der Waals surface area contributed by atoms with Crippen LogP contribution in [0, 0.1) is 17.1 Å². The van der Waals surface area contributed by atoms with Gasteiger partial charge in [-0.2, -0.15) is 17.0 Å². The first kappa shape index (κ1) is 12.3. The highest BCUT2D eigenvalue weighted by atomic mass is 32.2. The van der Waals surface area contributed by atoms with Crippen LogP contribution in [0.2, 0.25) is 0 Å². The summed E-state index contributed by atoms with van der Waals surface area (Å²) >= 11 is 1.92. The van der Waals surface area contributed by atoms with Crippen molar-refractivity contribution in [3.8, 4) is 6.07 Å². The van der Waals surface area contributed by atoms with Gasteiger partial charge in [0.05, 0.1) is 5.69 Å². The molecule has 0 spiro atoms. The number of halogens is 1. The van der Waals surface area contributed by atoms with Crippen molar-refractivity contribution in [3.05, 3.63) is 29.6 Å². The van der Waals surface area contributed by atoms with E-state index in [1.807, 2.05) is 23.9 Å². The number of nitrogens with zero attached hydrogens (tertiary/aromatic N) is 2. The summed E-state index contributed by atoms with van der Waals surface area (Å²) in [6.45, 7) is 5.17. The van der Waals surface area contributed by atoms with Crippen molar-refractivity contribution < 1.29 is 4.39 Å². The normalized spacial score (nSPS) is 24.5. The molecule has 2 rings (SSSR count). The third kappa shape index (κ3) is 2.25. The summed E-state index contributed by atoms with van der Waals surface area (Å²) in [4.78, 5) is 2.14. The highest BCUT2D eigenvalue weighted by Crippen LogP contribution is 2.31. The Hall–Kier alpha value is -1.21. The summed E-state index contributed by atoms with van der Waals surface area (Å²) < 4.78 is 13.6. The first-order valence-electron chi connectivity index (χ1n) is 5.72. The highest BCUT2D eigenvalue weighted by Gasteiger charge is 2.27. The lowest BCUT2D eigenvalue weighted by molar-refractivity contribution is 0.607. The van der Waals surface area contributed by atoms with Gasteiger partial charge in [0, 0.05) is 23.6 Å². The fourth-order valence-corrected chi connectivity index (χ4v) is 3.24. The fraction of sp³-hybridized carbons (Fsp3) is 0.462. The van der Waals surface area contributed by atoms with E-state index in [0.29, 0.717) is 11.3 Å². The van der Waals surface area contributed by atoms with Crippen molar-refractivity contribution in [2.24, 2.45) is 0 Å². The van der Waals surface area contributed by atoms with Crippen molar-refractivity contribution in [1.29, 1.82) is 5.26 Å². The standard InChI is InChI=1S/C13H15FN2S/c1-9-10(2)17-7-6-16(9)13-5-3-4-12(14)11(13)8-15/h3-5,9-10H,6-7H2,1-2H3. The zero-order chi connectivity index (χ0) is 12.4. The van der Waals surface area contributed by atoms with Gasteiger partial charge in [-0.15, -0.1) is 0 Å². The van der Waals surface area contributed by atoms with Crippen LogP contribution in [0.1, 0.15) is 19.4 Å². The smallest absolute Gasteiger partial charge is 0.143 e. The molecule has 0 amide bonds. The van der Waals surface area contributed by atoms with Crippen LogP contribution in [0.5, 0.6) is 0 Å². The molecule has 2 atom stereocenters. The van der Waals surface area contributed by atoms with Gasteiger partial charge in [-0.3, -0.25) is 0 Å². The second kappa shape index (κ2) is 4.97. The van der Waals surface area contributed by atoms with Gasteiger partial charge in [0.25, 0.3) is 0 Å². The zero-order valence-electron chi connectivity index (χ0n) is 9.98. The molecule has 1 aliphatic heterocycles. The third-order valence-electron chi connectivity index (χ3n) is 3.30. The van der Waals surface area contributed by atoms with Crippen LogP contribution in [0.4, 0.5) is 10.1 Å². The molecule has 0 aliphatic carbocycles. The van der Waals surface area contributed by atoms with Gasteiger partial charge in [0.1, 0.15) is 17.4 Å². The molecule has 17 heavy (non-hydrogen) atoms. The van der Waals surface area contributed by atoms with Crippen molar-refractivity contribution in [3.63, 3.8) is 0 Å². The van der Waals surface area contributed by atoms with Gasteiger partial charge in [0.15, 0.2) is 0 Å². The molecule has 2 unspecified atom stereocenters. The minimum atomic E-state index is -0.428. The molecule has 1 aliphatic rings. The Kier molecular flexibility index (Phi) is 3.58. The number of thioether (sulfide) groups is 1. The van der Waals surface area contributed by atoms with Crippen molar-refractivity contribution in [1.82, 2.24) is 0 Å². The first-order chi connectivity index (χ1) is 8.15. The van der Waals surface area contributed by atoms with Crippen LogP contribution in [0.3, 0.4) is 0 Å². The van der Waals surface area contributed by atoms with Crippen LogP contribution in [0.25, 0.3) is 0 Å². The lowest BCUT2D eigenvalue weighted by Gasteiger charge is -2.39. The number of anilines is 1. The molecular formula is C13H15FN2S. The van der Waals surface area contributed by atoms with E-state index in [0.717, 1.165) is 18.0 Å². The number of nitriles is 1. The van der Waals surface area contributed by atoms with Crippen molar-refractivity contribution in [2.45, 2.75) is 25.1 Å². The van der Waals surface area contributed by atoms with Crippen LogP contribution in [0.15, 0.2) is 18.2 Å². The predicted octanol–water partition coefficient (Wildman–Crippen LogP) is 3.03. The largest absolute Gasteiger partial charge is 0.366 e. The van der Waals surface area contributed by atoms with Gasteiger partial charge in [-0.05, 0) is 19.1 Å². The maximum atomic E-state index is 13.6. The number of hydrogen-bond acceptors (Lipinski definition) is 3. The third-order valence-corrected chi connectivity index (χ3v) is 4.63. The average molecular weight is 250 g/mol. The monoisotopic (exact) mass is 250 g/mol. The van der Waals surface area contributed by atoms with E-state index in [2.05, 4.69) is 18.7 Å². The van der Waals surface area contributed by atoms with Crippen LogP contribution in [-0.2, 0) is 0 Å². The van der Waals surface area contributed by atoms with Crippen molar-refractivity contribution in [2.75, 3.05) is 17.2 Å². The summed E-state index contributed by atoms with van der Waals surface area (Å²) in [6.07, 6.45) is 0. The second-order valence-electron chi connectivity index (χ2n) is 4.26. The molecular weight excluding hydrogens is 235 g/mol. The molecule has 90 valence electrons. The molecule has 0 radical (unpaired) electrons. The van der Waals surface area contributed by atoms with E-state index in [9.17, 15) is 4.39 Å². The molecule has 0 N–H and O–H groups in total. The van der Waals surface area contributed by atoms with E-state index in [1.54, 1.807) is 6.07 Å². The summed E-state index contributed by atoms with van der Waals surface area (Å²) in [5.41, 5.74) is 0.894. The van der Waals surface area contributed by atoms with Gasteiger partial charge < -0.3 is 4.90 Å². The number of benzene rings is 1. The van der Waals surface area contributed by atoms with E-state index < -0.39 is 5.82 Å². The Morgan fingerprint density at radius 2 is 2.24 bits per heavy atom. The molecule has 0 saturated carbocycles. The molecule has 0 bridgehead atoms. The zero-order valence-corrected chi connectivity index (χ0v) is 10.8. The van der Waals surface area contributed by atoms with E-state index in [4.69, 9.17) is 5.26 Å². The van der Waals surface area contributed by atoms with E-state index >= 15 is 0 Å². The quantitative estimate of drug-likeness (QED) is 0.766. The van der Waals surface area contributed by atoms with Gasteiger partial charge in [0.2, 0.25) is 0 Å². The lowest BCUT2D eigenvalue weighted by Crippen LogP contribution is -2.45. The molecule has 1 fully saturated rings. The van der Waals surface area contributed by atoms with Crippen LogP contribution < -0.4 is 4.90 Å². The van der Waals surface area contributed by atoms with Gasteiger partial charge >= 0.3 is 0 Å². The maximum Gasteiger partial charge on any atom is 0.143 e. The first-order valence-corrected chi connectivity index (χ1v) is 6.77. The van der Waals surface area contributed by atoms with Crippen LogP contribution in [-0.4, -0.2) is 23.6 Å². The van der Waals surface area contributed by atoms with Gasteiger partial charge in [-0.1, -0.05) is 13.0 Å². The number of hydrogen-bond donors (Lipinski definition) is 0. The minimum Gasteiger partial charge on any atom is -0.366 e. The molecule has 0 aromatic heterocycles. The Morgan fingerprint density at radius 1 is 1.47 bits per heavy atom. The minimum absolute atomic E-state index is 0.165. The lowest BCUT2D eigenvalue weighted by atomic mass is 10.1. The maximum absolute atomic E-state index is 13.6. The Bertz CT molecular complexity index is 455. The fourth-order valence-electron chi connectivity index (χ4n) is 2.14. The molecule has 2 nitrogen and oxygen atoms in total. The molecule has 4 heteroatoms. The molecule has 1 saturated heterocycles. The average Bonchev–Trinajstić information content (AvgIpc) is 2.32. The Morgan fingerprint density at radius 3 is 2.94 bits per heavy atom. The van der Waals surface area contributed by atoms with Crippen molar-refractivity contribution >= 4 is 17.4 Å². The summed E-state index contributed by atoms with van der Waals surface area (Å²) in [5, 5.41) is 9.56. The van der Waals surface area contributed by atoms with E-state index in [1.165, 1.54) is 6.07 Å².